The minimum atomic E-state index is -5.81. The van der Waals surface area contributed by atoms with Gasteiger partial charge in [0.1, 0.15) is 12.1 Å². The van der Waals surface area contributed by atoms with Crippen LogP contribution in [-0.2, 0) is 24.6 Å². The van der Waals surface area contributed by atoms with Crippen LogP contribution in [0.25, 0.3) is 14.9 Å². The van der Waals surface area contributed by atoms with Crippen molar-refractivity contribution in [1.29, 1.82) is 0 Å². The van der Waals surface area contributed by atoms with Crippen LogP contribution in [0.2, 0.25) is 0 Å². The molecule has 6 rings (SSSR count). The van der Waals surface area contributed by atoms with E-state index in [4.69, 9.17) is 16.4 Å². The molecule has 3 saturated heterocycles. The lowest BCUT2D eigenvalue weighted by Crippen LogP contribution is -2.61. The van der Waals surface area contributed by atoms with Crippen LogP contribution in [0, 0.1) is 6.57 Å². The van der Waals surface area contributed by atoms with E-state index in [2.05, 4.69) is 20.4 Å². The van der Waals surface area contributed by atoms with Gasteiger partial charge < -0.3 is 34.6 Å². The SMILES string of the molecule is [C-]#[N+][C@H]1CN(C(=O)[C@@H]2CC[C@@H]3CCN(C(C)=O)C[C@H](NC(=O)c4cc5cc(C(F)(F)P(=O)(O)O)ccc5s4)C(=O)N32)CC1c1cn[nH]c1. The summed E-state index contributed by atoms with van der Waals surface area (Å²) < 4.78 is 40.4. The third-order valence-electron chi connectivity index (χ3n) is 9.39. The molecule has 3 aromatic rings. The van der Waals surface area contributed by atoms with Crippen LogP contribution in [0.1, 0.15) is 52.9 Å². The molecule has 3 fully saturated rings. The highest BCUT2D eigenvalue weighted by Gasteiger charge is 2.51. The Kier molecular flexibility index (Phi) is 8.88. The van der Waals surface area contributed by atoms with Crippen molar-refractivity contribution in [3.8, 4) is 0 Å². The van der Waals surface area contributed by atoms with Crippen molar-refractivity contribution in [2.24, 2.45) is 0 Å². The second-order valence-corrected chi connectivity index (χ2v) is 15.0. The number of rotatable bonds is 6. The lowest BCUT2D eigenvalue weighted by atomic mass is 9.98. The minimum Gasteiger partial charge on any atom is -0.340 e. The van der Waals surface area contributed by atoms with Gasteiger partial charge in [-0.25, -0.2) is 6.57 Å². The maximum atomic E-state index is 14.3. The van der Waals surface area contributed by atoms with E-state index in [-0.39, 0.29) is 47.1 Å². The Hall–Kier alpha value is -4.23. The average Bonchev–Trinajstić information content (AvgIpc) is 3.85. The third kappa shape index (κ3) is 6.09. The van der Waals surface area contributed by atoms with E-state index in [0.717, 1.165) is 29.0 Å². The molecule has 0 aliphatic carbocycles. The first-order valence-electron chi connectivity index (χ1n) is 15.2. The van der Waals surface area contributed by atoms with Crippen LogP contribution in [0.5, 0.6) is 0 Å². The smallest absolute Gasteiger partial charge is 0.340 e. The highest BCUT2D eigenvalue weighted by molar-refractivity contribution is 7.52. The first-order valence-corrected chi connectivity index (χ1v) is 17.6. The number of benzene rings is 1. The predicted octanol–water partition coefficient (Wildman–Crippen LogP) is 2.48. The number of alkyl halides is 2. The summed E-state index contributed by atoms with van der Waals surface area (Å²) in [5, 5.41) is 9.55. The van der Waals surface area contributed by atoms with E-state index in [1.165, 1.54) is 28.9 Å². The summed E-state index contributed by atoms with van der Waals surface area (Å²) in [6, 6.07) is 1.41. The van der Waals surface area contributed by atoms with Crippen molar-refractivity contribution in [3.63, 3.8) is 0 Å². The van der Waals surface area contributed by atoms with Crippen molar-refractivity contribution in [1.82, 2.24) is 30.2 Å². The minimum absolute atomic E-state index is 0.0454. The number of halogens is 2. The summed E-state index contributed by atoms with van der Waals surface area (Å²) in [5.74, 6) is -2.07. The highest BCUT2D eigenvalue weighted by Crippen LogP contribution is 2.59. The summed E-state index contributed by atoms with van der Waals surface area (Å²) in [6.45, 7) is 9.67. The number of amides is 4. The van der Waals surface area contributed by atoms with Crippen LogP contribution >= 0.6 is 18.9 Å². The molecular formula is C30H32F2N7O7PS. The molecule has 0 bridgehead atoms. The number of aromatic amines is 1. The van der Waals surface area contributed by atoms with Gasteiger partial charge in [0.15, 0.2) is 0 Å². The molecule has 4 amide bonds. The fourth-order valence-corrected chi connectivity index (χ4v) is 8.27. The van der Waals surface area contributed by atoms with Crippen molar-refractivity contribution < 1.29 is 42.3 Å². The number of fused-ring (bicyclic) bond motifs is 2. The lowest BCUT2D eigenvalue weighted by Gasteiger charge is -2.39. The van der Waals surface area contributed by atoms with Crippen LogP contribution in [0.15, 0.2) is 36.7 Å². The first kappa shape index (κ1) is 33.7. The Morgan fingerprint density at radius 3 is 2.58 bits per heavy atom. The van der Waals surface area contributed by atoms with Gasteiger partial charge in [-0.1, -0.05) is 6.07 Å². The maximum Gasteiger partial charge on any atom is 0.399 e. The molecule has 4 N–H and O–H groups in total. The summed E-state index contributed by atoms with van der Waals surface area (Å²) in [4.78, 5) is 80.8. The Morgan fingerprint density at radius 1 is 1.15 bits per heavy atom. The van der Waals surface area contributed by atoms with Crippen molar-refractivity contribution >= 4 is 52.6 Å². The normalized spacial score (nSPS) is 25.0. The van der Waals surface area contributed by atoms with Crippen LogP contribution in [0.4, 0.5) is 8.78 Å². The van der Waals surface area contributed by atoms with E-state index in [1.54, 1.807) is 17.3 Å². The Balaban J connectivity index is 1.24. The molecule has 254 valence electrons. The summed E-state index contributed by atoms with van der Waals surface area (Å²) >= 11 is 0.933. The number of carbonyl (C=O) groups excluding carboxylic acids is 4. The number of hydrogen-bond acceptors (Lipinski definition) is 7. The molecule has 3 aliphatic heterocycles. The van der Waals surface area contributed by atoms with E-state index < -0.39 is 48.8 Å². The van der Waals surface area contributed by atoms with E-state index in [9.17, 15) is 32.5 Å². The number of likely N-dealkylation sites (tertiary alicyclic amines) is 1. The first-order chi connectivity index (χ1) is 22.7. The molecule has 0 spiro atoms. The molecule has 5 atom stereocenters. The molecule has 48 heavy (non-hydrogen) atoms. The number of nitrogens with one attached hydrogen (secondary N) is 2. The number of aromatic nitrogens is 2. The molecule has 18 heteroatoms. The van der Waals surface area contributed by atoms with Gasteiger partial charge in [-0.05, 0) is 42.8 Å². The second kappa shape index (κ2) is 12.7. The number of carbonyl (C=O) groups is 4. The van der Waals surface area contributed by atoms with Gasteiger partial charge in [0.05, 0.1) is 23.5 Å². The van der Waals surface area contributed by atoms with Crippen LogP contribution < -0.4 is 5.32 Å². The van der Waals surface area contributed by atoms with E-state index >= 15 is 0 Å². The summed E-state index contributed by atoms with van der Waals surface area (Å²) in [7, 11) is -5.81. The number of hydrogen-bond donors (Lipinski definition) is 4. The summed E-state index contributed by atoms with van der Waals surface area (Å²) in [5.41, 5.74) is -4.52. The van der Waals surface area contributed by atoms with Gasteiger partial charge >= 0.3 is 13.3 Å². The van der Waals surface area contributed by atoms with Gasteiger partial charge in [-0.3, -0.25) is 28.8 Å². The van der Waals surface area contributed by atoms with Gasteiger partial charge in [-0.2, -0.15) is 13.9 Å². The molecule has 2 aromatic heterocycles. The lowest BCUT2D eigenvalue weighted by molar-refractivity contribution is -0.148. The molecule has 0 saturated carbocycles. The highest BCUT2D eigenvalue weighted by atomic mass is 32.1. The van der Waals surface area contributed by atoms with Crippen LogP contribution in [0.3, 0.4) is 0 Å². The Labute approximate surface area is 277 Å². The van der Waals surface area contributed by atoms with Crippen molar-refractivity contribution in [3.05, 3.63) is 64.1 Å². The van der Waals surface area contributed by atoms with Gasteiger partial charge in [-0.15, -0.1) is 11.3 Å². The third-order valence-corrected chi connectivity index (χ3v) is 11.5. The molecule has 1 aromatic carbocycles. The Bertz CT molecular complexity index is 1860. The Morgan fingerprint density at radius 2 is 1.92 bits per heavy atom. The van der Waals surface area contributed by atoms with E-state index in [0.29, 0.717) is 37.1 Å². The standard InChI is InChI=1S/C30H32F2N7O7PS/c1-16(40)37-8-7-20-4-5-24(29(43)38-13-21(22(14-38)33-2)18-11-34-35-12-18)39(20)28(42)23(15-37)36-27(41)26-10-17-9-19(3-6-25(17)48-26)30(31,32)47(44,45)46/h3,6,9-12,20-24H,4-5,7-8,13-15H2,1H3,(H,34,35)(H,36,41)(H2,44,45,46)/t20-,21?,22+,23+,24+/m1/s1. The zero-order valence-electron chi connectivity index (χ0n) is 25.6. The number of nitrogens with zero attached hydrogens (tertiary/aromatic N) is 5. The van der Waals surface area contributed by atoms with Crippen molar-refractivity contribution in [2.75, 3.05) is 26.2 Å². The largest absolute Gasteiger partial charge is 0.399 e. The number of thiophene rings is 1. The topological polar surface area (TPSA) is 181 Å². The number of H-pyrrole nitrogens is 1. The van der Waals surface area contributed by atoms with Gasteiger partial charge in [0.25, 0.3) is 5.91 Å². The molecule has 3 aliphatic rings. The molecule has 14 nitrogen and oxygen atoms in total. The second-order valence-electron chi connectivity index (χ2n) is 12.3. The molecule has 5 heterocycles. The zero-order valence-corrected chi connectivity index (χ0v) is 27.3. The fourth-order valence-electron chi connectivity index (χ4n) is 6.85. The fraction of sp³-hybridized carbons (Fsp3) is 0.467. The van der Waals surface area contributed by atoms with Gasteiger partial charge in [0, 0.05) is 54.6 Å². The molecule has 1 unspecified atom stereocenters. The predicted molar refractivity (Wildman–Crippen MR) is 168 cm³/mol. The zero-order chi connectivity index (χ0) is 34.5. The summed E-state index contributed by atoms with van der Waals surface area (Å²) in [6.07, 6.45) is 4.66. The maximum absolute atomic E-state index is 14.3. The van der Waals surface area contributed by atoms with E-state index in [1.807, 2.05) is 0 Å². The quantitative estimate of drug-likeness (QED) is 0.223. The molecular weight excluding hydrogens is 671 g/mol. The average molecular weight is 704 g/mol. The van der Waals surface area contributed by atoms with Gasteiger partial charge in [0.2, 0.25) is 23.8 Å². The molecule has 0 radical (unpaired) electrons. The van der Waals surface area contributed by atoms with Crippen LogP contribution in [-0.4, -0.2) is 109 Å². The monoisotopic (exact) mass is 703 g/mol. The van der Waals surface area contributed by atoms with Crippen molar-refractivity contribution in [2.45, 2.75) is 61.9 Å².